The molecular weight excluding hydrogens is 279 g/mol. The number of alkyl halides is 3. The van der Waals surface area contributed by atoms with E-state index in [4.69, 9.17) is 0 Å². The van der Waals surface area contributed by atoms with Gasteiger partial charge >= 0.3 is 6.18 Å². The van der Waals surface area contributed by atoms with Gasteiger partial charge in [-0.15, -0.1) is 0 Å². The number of Topliss-reactive ketones (excluding diaryl/α,β-unsaturated/α-hetero) is 1. The fourth-order valence-electron chi connectivity index (χ4n) is 2.66. The Morgan fingerprint density at radius 3 is 2.33 bits per heavy atom. The van der Waals surface area contributed by atoms with Crippen molar-refractivity contribution in [3.63, 3.8) is 0 Å². The number of hydrogen-bond donors (Lipinski definition) is 1. The molecule has 0 radical (unpaired) electrons. The summed E-state index contributed by atoms with van der Waals surface area (Å²) in [6, 6.07) is 4.86. The molecule has 2 rings (SSSR count). The highest BCUT2D eigenvalue weighted by Crippen LogP contribution is 2.29. The van der Waals surface area contributed by atoms with Crippen molar-refractivity contribution < 1.29 is 18.0 Å². The first kappa shape index (κ1) is 16.0. The zero-order chi connectivity index (χ0) is 15.3. The molecule has 5 heteroatoms. The van der Waals surface area contributed by atoms with E-state index in [0.717, 1.165) is 44.5 Å². The third-order valence-electron chi connectivity index (χ3n) is 3.97. The standard InChI is InChI=1S/C16H20F3NO/c17-16(18,19)14-4-1-13(2-5-14)11-15(21)6-3-12-7-9-20-10-8-12/h1-2,4-5,12,20H,3,6-11H2. The molecule has 1 saturated heterocycles. The minimum atomic E-state index is -4.32. The monoisotopic (exact) mass is 299 g/mol. The lowest BCUT2D eigenvalue weighted by molar-refractivity contribution is -0.137. The van der Waals surface area contributed by atoms with E-state index in [1.54, 1.807) is 0 Å². The summed E-state index contributed by atoms with van der Waals surface area (Å²) in [5.74, 6) is 0.705. The molecule has 0 unspecified atom stereocenters. The minimum Gasteiger partial charge on any atom is -0.317 e. The van der Waals surface area contributed by atoms with Crippen LogP contribution in [0.2, 0.25) is 0 Å². The van der Waals surface area contributed by atoms with Gasteiger partial charge in [0.25, 0.3) is 0 Å². The molecule has 0 spiro atoms. The van der Waals surface area contributed by atoms with Crippen LogP contribution in [0.4, 0.5) is 13.2 Å². The molecule has 1 N–H and O–H groups in total. The minimum absolute atomic E-state index is 0.105. The molecule has 1 aliphatic rings. The Labute approximate surface area is 122 Å². The van der Waals surface area contributed by atoms with Crippen LogP contribution in [0.15, 0.2) is 24.3 Å². The molecule has 0 bridgehead atoms. The number of rotatable bonds is 5. The summed E-state index contributed by atoms with van der Waals surface area (Å²) in [5, 5.41) is 3.28. The summed E-state index contributed by atoms with van der Waals surface area (Å²) >= 11 is 0. The Morgan fingerprint density at radius 1 is 1.14 bits per heavy atom. The average molecular weight is 299 g/mol. The van der Waals surface area contributed by atoms with E-state index in [0.29, 0.717) is 17.9 Å². The Bertz CT molecular complexity index is 461. The number of piperidine rings is 1. The summed E-state index contributed by atoms with van der Waals surface area (Å²) in [4.78, 5) is 11.9. The molecule has 1 fully saturated rings. The topological polar surface area (TPSA) is 29.1 Å². The van der Waals surface area contributed by atoms with Crippen LogP contribution in [0.5, 0.6) is 0 Å². The predicted molar refractivity (Wildman–Crippen MR) is 75.0 cm³/mol. The van der Waals surface area contributed by atoms with Crippen LogP contribution in [0.1, 0.15) is 36.8 Å². The molecule has 1 aliphatic heterocycles. The summed E-state index contributed by atoms with van der Waals surface area (Å²) in [5.41, 5.74) is -0.0216. The van der Waals surface area contributed by atoms with E-state index >= 15 is 0 Å². The second-order valence-electron chi connectivity index (χ2n) is 5.64. The van der Waals surface area contributed by atoms with Crippen LogP contribution >= 0.6 is 0 Å². The van der Waals surface area contributed by atoms with Crippen LogP contribution in [-0.4, -0.2) is 18.9 Å². The number of benzene rings is 1. The molecule has 21 heavy (non-hydrogen) atoms. The average Bonchev–Trinajstić information content (AvgIpc) is 2.46. The largest absolute Gasteiger partial charge is 0.416 e. The molecule has 0 aliphatic carbocycles. The molecule has 2 nitrogen and oxygen atoms in total. The highest BCUT2D eigenvalue weighted by molar-refractivity contribution is 5.80. The number of halogens is 3. The van der Waals surface area contributed by atoms with Crippen molar-refractivity contribution >= 4 is 5.78 Å². The number of carbonyl (C=O) groups excluding carboxylic acids is 1. The van der Waals surface area contributed by atoms with E-state index in [1.165, 1.54) is 12.1 Å². The number of nitrogens with one attached hydrogen (secondary N) is 1. The van der Waals surface area contributed by atoms with Gasteiger partial charge in [-0.3, -0.25) is 4.79 Å². The first-order valence-electron chi connectivity index (χ1n) is 7.33. The Kier molecular flexibility index (Phi) is 5.39. The molecule has 0 atom stereocenters. The highest BCUT2D eigenvalue weighted by atomic mass is 19.4. The van der Waals surface area contributed by atoms with Gasteiger partial charge in [-0.25, -0.2) is 0 Å². The molecule has 0 amide bonds. The summed E-state index contributed by atoms with van der Waals surface area (Å²) < 4.78 is 37.3. The zero-order valence-electron chi connectivity index (χ0n) is 11.9. The van der Waals surface area contributed by atoms with Crippen molar-refractivity contribution in [2.45, 2.75) is 38.3 Å². The fourth-order valence-corrected chi connectivity index (χ4v) is 2.66. The first-order chi connectivity index (χ1) is 9.95. The van der Waals surface area contributed by atoms with Crippen molar-refractivity contribution in [1.29, 1.82) is 0 Å². The van der Waals surface area contributed by atoms with Crippen molar-refractivity contribution in [3.8, 4) is 0 Å². The second-order valence-corrected chi connectivity index (χ2v) is 5.64. The van der Waals surface area contributed by atoms with E-state index in [1.807, 2.05) is 0 Å². The Morgan fingerprint density at radius 2 is 1.76 bits per heavy atom. The third kappa shape index (κ3) is 5.16. The molecule has 1 heterocycles. The maximum absolute atomic E-state index is 12.4. The number of hydrogen-bond acceptors (Lipinski definition) is 2. The highest BCUT2D eigenvalue weighted by Gasteiger charge is 2.29. The van der Waals surface area contributed by atoms with Crippen molar-refractivity contribution in [2.24, 2.45) is 5.92 Å². The van der Waals surface area contributed by atoms with E-state index in [9.17, 15) is 18.0 Å². The van der Waals surface area contributed by atoms with Crippen molar-refractivity contribution in [2.75, 3.05) is 13.1 Å². The van der Waals surface area contributed by atoms with Gasteiger partial charge in [0.15, 0.2) is 0 Å². The van der Waals surface area contributed by atoms with Crippen LogP contribution in [0.3, 0.4) is 0 Å². The first-order valence-corrected chi connectivity index (χ1v) is 7.33. The van der Waals surface area contributed by atoms with Crippen LogP contribution in [-0.2, 0) is 17.4 Å². The van der Waals surface area contributed by atoms with Gasteiger partial charge in [0, 0.05) is 12.8 Å². The van der Waals surface area contributed by atoms with Gasteiger partial charge in [0.1, 0.15) is 5.78 Å². The summed E-state index contributed by atoms with van der Waals surface area (Å²) in [7, 11) is 0. The fraction of sp³-hybridized carbons (Fsp3) is 0.562. The molecule has 0 saturated carbocycles. The maximum atomic E-state index is 12.4. The van der Waals surface area contributed by atoms with Gasteiger partial charge in [-0.2, -0.15) is 13.2 Å². The lowest BCUT2D eigenvalue weighted by Gasteiger charge is -2.22. The number of ketones is 1. The predicted octanol–water partition coefficient (Wildman–Crippen LogP) is 3.60. The summed E-state index contributed by atoms with van der Waals surface area (Å²) in [6.07, 6.45) is -0.478. The lowest BCUT2D eigenvalue weighted by atomic mass is 9.91. The smallest absolute Gasteiger partial charge is 0.317 e. The van der Waals surface area contributed by atoms with Gasteiger partial charge in [-0.1, -0.05) is 12.1 Å². The Balaban J connectivity index is 1.79. The van der Waals surface area contributed by atoms with Crippen LogP contribution in [0, 0.1) is 5.92 Å². The van der Waals surface area contributed by atoms with E-state index in [2.05, 4.69) is 5.32 Å². The summed E-state index contributed by atoms with van der Waals surface area (Å²) in [6.45, 7) is 2.02. The molecule has 0 aromatic heterocycles. The molecule has 1 aromatic carbocycles. The van der Waals surface area contributed by atoms with Crippen LogP contribution in [0.25, 0.3) is 0 Å². The lowest BCUT2D eigenvalue weighted by Crippen LogP contribution is -2.28. The van der Waals surface area contributed by atoms with E-state index in [-0.39, 0.29) is 12.2 Å². The van der Waals surface area contributed by atoms with Gasteiger partial charge in [0.2, 0.25) is 0 Å². The van der Waals surface area contributed by atoms with Crippen molar-refractivity contribution in [3.05, 3.63) is 35.4 Å². The second kappa shape index (κ2) is 7.07. The number of carbonyl (C=O) groups is 1. The van der Waals surface area contributed by atoms with Crippen LogP contribution < -0.4 is 5.32 Å². The Hall–Kier alpha value is -1.36. The van der Waals surface area contributed by atoms with Gasteiger partial charge in [-0.05, 0) is 56.0 Å². The zero-order valence-corrected chi connectivity index (χ0v) is 11.9. The quantitative estimate of drug-likeness (QED) is 0.900. The molecular formula is C16H20F3NO. The van der Waals surface area contributed by atoms with Gasteiger partial charge in [0.05, 0.1) is 5.56 Å². The van der Waals surface area contributed by atoms with E-state index < -0.39 is 11.7 Å². The molecule has 1 aromatic rings. The third-order valence-corrected chi connectivity index (χ3v) is 3.97. The van der Waals surface area contributed by atoms with Crippen molar-refractivity contribution in [1.82, 2.24) is 5.32 Å². The SMILES string of the molecule is O=C(CCC1CCNCC1)Cc1ccc(C(F)(F)F)cc1. The normalized spacial score (nSPS) is 16.9. The van der Waals surface area contributed by atoms with Gasteiger partial charge < -0.3 is 5.32 Å². The maximum Gasteiger partial charge on any atom is 0.416 e. The molecule has 116 valence electrons.